The van der Waals surface area contributed by atoms with Crippen LogP contribution in [0.3, 0.4) is 0 Å². The van der Waals surface area contributed by atoms with Crippen molar-refractivity contribution in [2.75, 3.05) is 26.2 Å². The zero-order valence-corrected chi connectivity index (χ0v) is 14.3. The molecular weight excluding hydrogens is 298 g/mol. The van der Waals surface area contributed by atoms with Crippen LogP contribution in [0.5, 0.6) is 0 Å². The highest BCUT2D eigenvalue weighted by molar-refractivity contribution is 7.10. The molecule has 0 bridgehead atoms. The largest absolute Gasteiger partial charge is 0.376 e. The Hall–Kier alpha value is -0.950. The van der Waals surface area contributed by atoms with Crippen molar-refractivity contribution in [1.29, 1.82) is 0 Å². The van der Waals surface area contributed by atoms with Crippen molar-refractivity contribution in [3.63, 3.8) is 0 Å². The number of hydrogen-bond donors (Lipinski definition) is 2. The van der Waals surface area contributed by atoms with E-state index in [0.717, 1.165) is 32.5 Å². The van der Waals surface area contributed by atoms with Crippen molar-refractivity contribution in [3.05, 3.63) is 22.4 Å². The summed E-state index contributed by atoms with van der Waals surface area (Å²) in [6.07, 6.45) is 1.88. The molecule has 1 aliphatic rings. The van der Waals surface area contributed by atoms with E-state index in [4.69, 9.17) is 10.5 Å². The standard InChI is InChI=1S/C16H27N3O2S/c1-3-5-13(17)16(20)18-10-14(15-6-4-9-22-15)19-7-8-21-12(2)11-19/h4,6,9,12-14H,3,5,7-8,10-11,17H2,1-2H3,(H,18,20). The van der Waals surface area contributed by atoms with Gasteiger partial charge >= 0.3 is 0 Å². The Labute approximate surface area is 136 Å². The summed E-state index contributed by atoms with van der Waals surface area (Å²) in [6.45, 7) is 7.25. The van der Waals surface area contributed by atoms with Gasteiger partial charge in [0, 0.05) is 24.5 Å². The minimum atomic E-state index is -0.405. The molecule has 1 fully saturated rings. The number of ether oxygens (including phenoxy) is 1. The Balaban J connectivity index is 1.98. The van der Waals surface area contributed by atoms with E-state index in [9.17, 15) is 4.79 Å². The van der Waals surface area contributed by atoms with Crippen LogP contribution in [0.4, 0.5) is 0 Å². The van der Waals surface area contributed by atoms with Gasteiger partial charge in [-0.25, -0.2) is 0 Å². The normalized spacial score (nSPS) is 22.2. The first-order valence-electron chi connectivity index (χ1n) is 8.04. The first-order valence-corrected chi connectivity index (χ1v) is 8.92. The van der Waals surface area contributed by atoms with Gasteiger partial charge < -0.3 is 15.8 Å². The molecule has 0 aromatic carbocycles. The van der Waals surface area contributed by atoms with E-state index >= 15 is 0 Å². The average Bonchev–Trinajstić information content (AvgIpc) is 3.01. The number of thiophene rings is 1. The van der Waals surface area contributed by atoms with Gasteiger partial charge in [-0.15, -0.1) is 11.3 Å². The van der Waals surface area contributed by atoms with E-state index in [1.54, 1.807) is 11.3 Å². The van der Waals surface area contributed by atoms with Crippen LogP contribution in [-0.2, 0) is 9.53 Å². The number of nitrogens with one attached hydrogen (secondary N) is 1. The smallest absolute Gasteiger partial charge is 0.236 e. The summed E-state index contributed by atoms with van der Waals surface area (Å²) < 4.78 is 5.63. The van der Waals surface area contributed by atoms with Crippen LogP contribution in [0.2, 0.25) is 0 Å². The van der Waals surface area contributed by atoms with Crippen LogP contribution in [-0.4, -0.2) is 49.2 Å². The summed E-state index contributed by atoms with van der Waals surface area (Å²) in [5.41, 5.74) is 5.89. The highest BCUT2D eigenvalue weighted by Gasteiger charge is 2.27. The Morgan fingerprint density at radius 1 is 1.64 bits per heavy atom. The molecule has 0 aliphatic carbocycles. The summed E-state index contributed by atoms with van der Waals surface area (Å²) >= 11 is 1.73. The topological polar surface area (TPSA) is 67.6 Å². The monoisotopic (exact) mass is 325 g/mol. The van der Waals surface area contributed by atoms with E-state index in [-0.39, 0.29) is 18.1 Å². The second kappa shape index (κ2) is 8.62. The van der Waals surface area contributed by atoms with Crippen LogP contribution in [0.25, 0.3) is 0 Å². The number of amides is 1. The Morgan fingerprint density at radius 2 is 2.45 bits per heavy atom. The summed E-state index contributed by atoms with van der Waals surface area (Å²) in [5.74, 6) is -0.0512. The molecule has 3 N–H and O–H groups in total. The Morgan fingerprint density at radius 3 is 3.09 bits per heavy atom. The number of carbonyl (C=O) groups excluding carboxylic acids is 1. The summed E-state index contributed by atoms with van der Waals surface area (Å²) in [4.78, 5) is 15.7. The molecule has 1 aromatic heterocycles. The fourth-order valence-electron chi connectivity index (χ4n) is 2.79. The van der Waals surface area contributed by atoms with Crippen molar-refractivity contribution in [2.24, 2.45) is 5.73 Å². The predicted molar refractivity (Wildman–Crippen MR) is 89.9 cm³/mol. The summed E-state index contributed by atoms with van der Waals surface area (Å²) in [7, 11) is 0. The van der Waals surface area contributed by atoms with Gasteiger partial charge in [0.25, 0.3) is 0 Å². The van der Waals surface area contributed by atoms with Gasteiger partial charge in [-0.1, -0.05) is 19.4 Å². The van der Waals surface area contributed by atoms with Crippen molar-refractivity contribution >= 4 is 17.2 Å². The predicted octanol–water partition coefficient (Wildman–Crippen LogP) is 1.75. The molecule has 0 spiro atoms. The molecule has 2 heterocycles. The van der Waals surface area contributed by atoms with Gasteiger partial charge in [0.1, 0.15) is 0 Å². The highest BCUT2D eigenvalue weighted by Crippen LogP contribution is 2.26. The third-order valence-corrected chi connectivity index (χ3v) is 4.96. The molecule has 6 heteroatoms. The fraction of sp³-hybridized carbons (Fsp3) is 0.688. The van der Waals surface area contributed by atoms with Crippen LogP contribution in [0, 0.1) is 0 Å². The van der Waals surface area contributed by atoms with Gasteiger partial charge in [0.15, 0.2) is 0 Å². The first kappa shape index (κ1) is 17.4. The number of hydrogen-bond acceptors (Lipinski definition) is 5. The molecule has 124 valence electrons. The molecule has 0 radical (unpaired) electrons. The fourth-order valence-corrected chi connectivity index (χ4v) is 3.65. The van der Waals surface area contributed by atoms with Gasteiger partial charge in [-0.2, -0.15) is 0 Å². The lowest BCUT2D eigenvalue weighted by Crippen LogP contribution is -2.48. The molecule has 3 atom stereocenters. The van der Waals surface area contributed by atoms with E-state index in [1.807, 2.05) is 6.92 Å². The third kappa shape index (κ3) is 4.78. The van der Waals surface area contributed by atoms with E-state index in [0.29, 0.717) is 6.54 Å². The van der Waals surface area contributed by atoms with Gasteiger partial charge in [0.2, 0.25) is 5.91 Å². The minimum absolute atomic E-state index is 0.0512. The maximum Gasteiger partial charge on any atom is 0.236 e. The van der Waals surface area contributed by atoms with E-state index < -0.39 is 6.04 Å². The molecule has 1 aliphatic heterocycles. The number of rotatable bonds is 7. The number of nitrogens with two attached hydrogens (primary N) is 1. The Kier molecular flexibility index (Phi) is 6.82. The van der Waals surface area contributed by atoms with Crippen LogP contribution in [0.1, 0.15) is 37.6 Å². The quantitative estimate of drug-likeness (QED) is 0.801. The minimum Gasteiger partial charge on any atom is -0.376 e. The maximum absolute atomic E-state index is 12.1. The van der Waals surface area contributed by atoms with E-state index in [1.165, 1.54) is 4.88 Å². The lowest BCUT2D eigenvalue weighted by Gasteiger charge is -2.37. The van der Waals surface area contributed by atoms with Gasteiger partial charge in [-0.05, 0) is 24.8 Å². The molecule has 1 aromatic rings. The lowest BCUT2D eigenvalue weighted by atomic mass is 10.1. The summed E-state index contributed by atoms with van der Waals surface area (Å²) in [5, 5.41) is 5.11. The SMILES string of the molecule is CCCC(N)C(=O)NCC(c1cccs1)N1CCOC(C)C1. The number of nitrogens with zero attached hydrogens (tertiary/aromatic N) is 1. The lowest BCUT2D eigenvalue weighted by molar-refractivity contribution is -0.122. The molecule has 2 rings (SSSR count). The van der Waals surface area contributed by atoms with Crippen LogP contribution in [0.15, 0.2) is 17.5 Å². The number of morpholine rings is 1. The zero-order chi connectivity index (χ0) is 15.9. The molecule has 1 saturated heterocycles. The molecule has 3 unspecified atom stereocenters. The third-order valence-electron chi connectivity index (χ3n) is 3.99. The second-order valence-corrected chi connectivity index (χ2v) is 6.83. The number of carbonyl (C=O) groups is 1. The maximum atomic E-state index is 12.1. The van der Waals surface area contributed by atoms with Crippen molar-refractivity contribution in [2.45, 2.75) is 44.9 Å². The molecule has 1 amide bonds. The van der Waals surface area contributed by atoms with E-state index in [2.05, 4.69) is 34.7 Å². The van der Waals surface area contributed by atoms with Crippen molar-refractivity contribution < 1.29 is 9.53 Å². The first-order chi connectivity index (χ1) is 10.6. The van der Waals surface area contributed by atoms with Crippen LogP contribution >= 0.6 is 11.3 Å². The molecule has 22 heavy (non-hydrogen) atoms. The average molecular weight is 325 g/mol. The summed E-state index contributed by atoms with van der Waals surface area (Å²) in [6, 6.07) is 3.98. The van der Waals surface area contributed by atoms with Crippen molar-refractivity contribution in [1.82, 2.24) is 10.2 Å². The molecule has 0 saturated carbocycles. The second-order valence-electron chi connectivity index (χ2n) is 5.85. The Bertz CT molecular complexity index is 452. The van der Waals surface area contributed by atoms with Gasteiger partial charge in [0.05, 0.1) is 24.8 Å². The van der Waals surface area contributed by atoms with Crippen LogP contribution < -0.4 is 11.1 Å². The molecule has 5 nitrogen and oxygen atoms in total. The highest BCUT2D eigenvalue weighted by atomic mass is 32.1. The van der Waals surface area contributed by atoms with Gasteiger partial charge in [-0.3, -0.25) is 9.69 Å². The molecular formula is C16H27N3O2S. The van der Waals surface area contributed by atoms with Crippen molar-refractivity contribution in [3.8, 4) is 0 Å². The zero-order valence-electron chi connectivity index (χ0n) is 13.5.